The van der Waals surface area contributed by atoms with Crippen molar-refractivity contribution in [1.82, 2.24) is 0 Å². The number of ether oxygens (including phenoxy) is 6. The minimum Gasteiger partial charge on any atom is -0.462 e. The number of carbonyl (C=O) groups excluding carboxylic acids is 2. The molecule has 2 saturated heterocycles. The van der Waals surface area contributed by atoms with E-state index in [-0.39, 0.29) is 19.4 Å². The predicted octanol–water partition coefficient (Wildman–Crippen LogP) is 7.66. The number of rotatable bonds is 40. The van der Waals surface area contributed by atoms with Gasteiger partial charge in [0.05, 0.1) is 19.8 Å². The lowest BCUT2D eigenvalue weighted by Gasteiger charge is -2.42. The van der Waals surface area contributed by atoms with Gasteiger partial charge in [0.25, 0.3) is 0 Å². The highest BCUT2D eigenvalue weighted by atomic mass is 16.7. The molecular formula is C54H92O15. The summed E-state index contributed by atoms with van der Waals surface area (Å²) in [5.41, 5.74) is 0. The Hall–Kier alpha value is -2.80. The van der Waals surface area contributed by atoms with E-state index >= 15 is 0 Å². The van der Waals surface area contributed by atoms with E-state index in [0.717, 1.165) is 64.2 Å². The van der Waals surface area contributed by atoms with Crippen LogP contribution in [0.15, 0.2) is 60.8 Å². The molecular weight excluding hydrogens is 889 g/mol. The van der Waals surface area contributed by atoms with Gasteiger partial charge in [-0.15, -0.1) is 0 Å². The lowest BCUT2D eigenvalue weighted by atomic mass is 9.98. The Morgan fingerprint density at radius 2 is 0.884 bits per heavy atom. The average Bonchev–Trinajstić information content (AvgIpc) is 3.34. The molecule has 11 atom stereocenters. The van der Waals surface area contributed by atoms with E-state index < -0.39 is 99.3 Å². The molecule has 2 aliphatic rings. The van der Waals surface area contributed by atoms with Crippen molar-refractivity contribution < 1.29 is 73.8 Å². The molecule has 69 heavy (non-hydrogen) atoms. The number of unbranched alkanes of at least 4 members (excludes halogenated alkanes) is 16. The second-order valence-corrected chi connectivity index (χ2v) is 18.3. The third-order valence-corrected chi connectivity index (χ3v) is 12.2. The molecule has 0 radical (unpaired) electrons. The van der Waals surface area contributed by atoms with Gasteiger partial charge in [-0.3, -0.25) is 9.59 Å². The molecule has 0 aliphatic carbocycles. The zero-order chi connectivity index (χ0) is 50.3. The van der Waals surface area contributed by atoms with Crippen molar-refractivity contribution in [2.45, 2.75) is 242 Å². The molecule has 0 saturated carbocycles. The van der Waals surface area contributed by atoms with Crippen LogP contribution in [0.1, 0.15) is 174 Å². The van der Waals surface area contributed by atoms with Gasteiger partial charge in [-0.1, -0.05) is 145 Å². The molecule has 7 N–H and O–H groups in total. The molecule has 0 aromatic rings. The first kappa shape index (κ1) is 62.3. The van der Waals surface area contributed by atoms with Crippen LogP contribution in [0.3, 0.4) is 0 Å². The Balaban J connectivity index is 1.82. The first-order chi connectivity index (χ1) is 33.5. The Labute approximate surface area is 413 Å². The van der Waals surface area contributed by atoms with Gasteiger partial charge in [0.15, 0.2) is 18.7 Å². The number of aliphatic hydroxyl groups is 7. The first-order valence-electron chi connectivity index (χ1n) is 26.4. The molecule has 2 aliphatic heterocycles. The first-order valence-corrected chi connectivity index (χ1v) is 26.4. The zero-order valence-electron chi connectivity index (χ0n) is 42.0. The van der Waals surface area contributed by atoms with Gasteiger partial charge in [0.1, 0.15) is 55.4 Å². The van der Waals surface area contributed by atoms with Gasteiger partial charge in [-0.25, -0.2) is 0 Å². The van der Waals surface area contributed by atoms with Crippen molar-refractivity contribution in [2.75, 3.05) is 26.4 Å². The molecule has 2 fully saturated rings. The molecule has 2 rings (SSSR count). The summed E-state index contributed by atoms with van der Waals surface area (Å²) in [7, 11) is 0. The minimum atomic E-state index is -1.78. The summed E-state index contributed by atoms with van der Waals surface area (Å²) >= 11 is 0. The summed E-state index contributed by atoms with van der Waals surface area (Å²) in [6, 6.07) is 0. The maximum atomic E-state index is 13.0. The molecule has 15 nitrogen and oxygen atoms in total. The number of esters is 2. The SMILES string of the molecule is CCCCC/C=C/CCCCCCCC(=O)OC[C@H](CO[C@H]1O[C@@H](CO[C@H]2O[C@@H](CO)[C@@H](O)C(O)C2O)[C@@H](O)C(O)C1O)OC(=O)CCC/C=C/C/C=C/C/C=C/C/C=C/CCCCCCCCC. The fourth-order valence-corrected chi connectivity index (χ4v) is 7.85. The van der Waals surface area contributed by atoms with Gasteiger partial charge in [0, 0.05) is 12.8 Å². The van der Waals surface area contributed by atoms with Gasteiger partial charge >= 0.3 is 11.9 Å². The smallest absolute Gasteiger partial charge is 0.306 e. The molecule has 0 amide bonds. The monoisotopic (exact) mass is 981 g/mol. The van der Waals surface area contributed by atoms with E-state index in [0.29, 0.717) is 19.3 Å². The molecule has 398 valence electrons. The van der Waals surface area contributed by atoms with Gasteiger partial charge in [-0.05, 0) is 77.0 Å². The maximum Gasteiger partial charge on any atom is 0.306 e. The topological polar surface area (TPSA) is 231 Å². The predicted molar refractivity (Wildman–Crippen MR) is 266 cm³/mol. The summed E-state index contributed by atoms with van der Waals surface area (Å²) in [5.74, 6) is -1.00. The highest BCUT2D eigenvalue weighted by molar-refractivity contribution is 5.70. The van der Waals surface area contributed by atoms with Gasteiger partial charge < -0.3 is 64.2 Å². The van der Waals surface area contributed by atoms with Crippen molar-refractivity contribution in [2.24, 2.45) is 0 Å². The van der Waals surface area contributed by atoms with Crippen LogP contribution >= 0.6 is 0 Å². The minimum absolute atomic E-state index is 0.0857. The van der Waals surface area contributed by atoms with E-state index in [1.807, 2.05) is 12.2 Å². The lowest BCUT2D eigenvalue weighted by Crippen LogP contribution is -2.61. The fourth-order valence-electron chi connectivity index (χ4n) is 7.85. The molecule has 15 heteroatoms. The molecule has 2 heterocycles. The third-order valence-electron chi connectivity index (χ3n) is 12.2. The molecule has 4 unspecified atom stereocenters. The second-order valence-electron chi connectivity index (χ2n) is 18.3. The van der Waals surface area contributed by atoms with Crippen LogP contribution in [0.25, 0.3) is 0 Å². The summed E-state index contributed by atoms with van der Waals surface area (Å²) in [4.78, 5) is 25.7. The fraction of sp³-hybridized carbons (Fsp3) is 0.778. The van der Waals surface area contributed by atoms with Crippen LogP contribution in [-0.2, 0) is 38.0 Å². The quantitative estimate of drug-likeness (QED) is 0.0178. The van der Waals surface area contributed by atoms with E-state index in [1.54, 1.807) is 0 Å². The van der Waals surface area contributed by atoms with E-state index in [9.17, 15) is 45.3 Å². The van der Waals surface area contributed by atoms with Crippen molar-refractivity contribution in [3.05, 3.63) is 60.8 Å². The maximum absolute atomic E-state index is 13.0. The molecule has 0 spiro atoms. The number of hydrogen-bond donors (Lipinski definition) is 7. The largest absolute Gasteiger partial charge is 0.462 e. The van der Waals surface area contributed by atoms with Gasteiger partial charge in [-0.2, -0.15) is 0 Å². The highest BCUT2D eigenvalue weighted by Crippen LogP contribution is 2.26. The van der Waals surface area contributed by atoms with Crippen LogP contribution in [0, 0.1) is 0 Å². The third kappa shape index (κ3) is 28.7. The van der Waals surface area contributed by atoms with Crippen LogP contribution in [-0.4, -0.2) is 142 Å². The Morgan fingerprint density at radius 1 is 0.464 bits per heavy atom. The number of aliphatic hydroxyl groups excluding tert-OH is 7. The summed E-state index contributed by atoms with van der Waals surface area (Å²) in [6.45, 7) is 2.49. The summed E-state index contributed by atoms with van der Waals surface area (Å²) in [6.07, 6.45) is 29.8. The van der Waals surface area contributed by atoms with Crippen molar-refractivity contribution >= 4 is 11.9 Å². The lowest BCUT2D eigenvalue weighted by molar-refractivity contribution is -0.332. The second kappa shape index (κ2) is 40.8. The highest BCUT2D eigenvalue weighted by Gasteiger charge is 2.47. The Bertz CT molecular complexity index is 1430. The Kier molecular flexibility index (Phi) is 36.8. The standard InChI is InChI=1S/C54H92O15/c1-3-5-7-9-11-13-15-17-18-19-20-21-22-23-24-25-27-29-31-33-35-37-46(57)67-42(39-64-45(56)36-34-32-30-28-26-16-14-12-10-8-6-4-2)40-65-53-52(63)50(61)48(59)44(69-53)41-66-54-51(62)49(60)47(58)43(38-55)68-54/h12,14,18-19,21-22,24-25,29,31,42-44,47-55,58-63H,3-11,13,15-17,20,23,26-28,30,32-41H2,1-2H3/b14-12+,19-18+,22-21+,25-24+,31-29+/t42-,43+,44+,47-,48-,49?,50?,51?,52?,53+,54+/m1/s1. The van der Waals surface area contributed by atoms with E-state index in [2.05, 4.69) is 62.5 Å². The summed E-state index contributed by atoms with van der Waals surface area (Å²) in [5, 5.41) is 72.1. The molecule has 0 bridgehead atoms. The van der Waals surface area contributed by atoms with Crippen molar-refractivity contribution in [3.8, 4) is 0 Å². The number of carbonyl (C=O) groups is 2. The van der Waals surface area contributed by atoms with Crippen LogP contribution in [0.2, 0.25) is 0 Å². The molecule has 0 aromatic carbocycles. The summed E-state index contributed by atoms with van der Waals surface area (Å²) < 4.78 is 33.5. The van der Waals surface area contributed by atoms with Crippen LogP contribution in [0.5, 0.6) is 0 Å². The normalized spacial score (nSPS) is 26.0. The van der Waals surface area contributed by atoms with Crippen molar-refractivity contribution in [3.63, 3.8) is 0 Å². The molecule has 0 aromatic heterocycles. The van der Waals surface area contributed by atoms with E-state index in [4.69, 9.17) is 28.4 Å². The number of hydrogen-bond acceptors (Lipinski definition) is 15. The average molecular weight is 981 g/mol. The Morgan fingerprint density at radius 3 is 1.45 bits per heavy atom. The number of allylic oxidation sites excluding steroid dienone is 10. The van der Waals surface area contributed by atoms with Crippen LogP contribution in [0.4, 0.5) is 0 Å². The zero-order valence-corrected chi connectivity index (χ0v) is 42.0. The van der Waals surface area contributed by atoms with Gasteiger partial charge in [0.2, 0.25) is 0 Å². The van der Waals surface area contributed by atoms with Crippen LogP contribution < -0.4 is 0 Å². The van der Waals surface area contributed by atoms with Crippen molar-refractivity contribution in [1.29, 1.82) is 0 Å². The van der Waals surface area contributed by atoms with E-state index in [1.165, 1.54) is 64.2 Å².